The van der Waals surface area contributed by atoms with Crippen LogP contribution in [0.4, 0.5) is 5.69 Å². The molecule has 0 aliphatic heterocycles. The Morgan fingerprint density at radius 2 is 1.92 bits per heavy atom. The monoisotopic (exact) mass is 474 g/mol. The third-order valence-corrected chi connectivity index (χ3v) is 4.44. The Bertz CT molecular complexity index is 1020. The summed E-state index contributed by atoms with van der Waals surface area (Å²) >= 11 is 8.13. The van der Waals surface area contributed by atoms with E-state index >= 15 is 0 Å². The molecule has 2 aromatic carbocycles. The van der Waals surface area contributed by atoms with Gasteiger partial charge in [-0.15, -0.1) is 0 Å². The fourth-order valence-corrected chi connectivity index (χ4v) is 2.81. The summed E-state index contributed by atoms with van der Waals surface area (Å²) in [4.78, 5) is 12.3. The van der Waals surface area contributed by atoms with Crippen molar-refractivity contribution in [2.45, 2.75) is 0 Å². The van der Waals surface area contributed by atoms with E-state index in [-0.39, 0.29) is 5.57 Å². The van der Waals surface area contributed by atoms with Gasteiger partial charge in [-0.25, -0.2) is 0 Å². The van der Waals surface area contributed by atoms with Crippen molar-refractivity contribution in [1.29, 1.82) is 5.26 Å². The van der Waals surface area contributed by atoms with Crippen LogP contribution in [0.5, 0.6) is 0 Å². The minimum Gasteiger partial charge on any atom is -0.457 e. The molecule has 0 saturated carbocycles. The van der Waals surface area contributed by atoms with Crippen LogP contribution in [0, 0.1) is 14.9 Å². The van der Waals surface area contributed by atoms with Crippen molar-refractivity contribution >= 4 is 51.9 Å². The molecule has 0 unspecified atom stereocenters. The maximum atomic E-state index is 12.3. The first-order chi connectivity index (χ1) is 12.5. The van der Waals surface area contributed by atoms with Crippen LogP contribution in [0.2, 0.25) is 5.02 Å². The van der Waals surface area contributed by atoms with Crippen LogP contribution in [-0.4, -0.2) is 5.91 Å². The van der Waals surface area contributed by atoms with E-state index in [2.05, 4.69) is 27.9 Å². The van der Waals surface area contributed by atoms with Crippen LogP contribution in [0.3, 0.4) is 0 Å². The second-order valence-corrected chi connectivity index (χ2v) is 7.03. The van der Waals surface area contributed by atoms with Gasteiger partial charge >= 0.3 is 0 Å². The summed E-state index contributed by atoms with van der Waals surface area (Å²) in [6.45, 7) is 0. The van der Waals surface area contributed by atoms with Crippen molar-refractivity contribution in [3.63, 3.8) is 0 Å². The number of hydrogen-bond donors (Lipinski definition) is 1. The third-order valence-electron chi connectivity index (χ3n) is 3.49. The van der Waals surface area contributed by atoms with E-state index in [0.717, 1.165) is 9.13 Å². The lowest BCUT2D eigenvalue weighted by Gasteiger charge is -2.04. The number of carbonyl (C=O) groups is 1. The number of carbonyl (C=O) groups excluding carboxylic acids is 1. The predicted molar refractivity (Wildman–Crippen MR) is 111 cm³/mol. The van der Waals surface area contributed by atoms with E-state index in [1.54, 1.807) is 36.4 Å². The van der Waals surface area contributed by atoms with Crippen LogP contribution >= 0.6 is 34.2 Å². The van der Waals surface area contributed by atoms with Gasteiger partial charge in [-0.05, 0) is 65.1 Å². The van der Waals surface area contributed by atoms with E-state index in [1.165, 1.54) is 6.08 Å². The molecule has 0 fully saturated rings. The van der Waals surface area contributed by atoms with Crippen molar-refractivity contribution in [3.05, 3.63) is 80.6 Å². The zero-order chi connectivity index (χ0) is 18.5. The zero-order valence-corrected chi connectivity index (χ0v) is 16.3. The molecule has 3 rings (SSSR count). The minimum absolute atomic E-state index is 0.0616. The lowest BCUT2D eigenvalue weighted by Crippen LogP contribution is -2.13. The van der Waals surface area contributed by atoms with Crippen LogP contribution < -0.4 is 5.32 Å². The molecule has 3 aromatic rings. The maximum absolute atomic E-state index is 12.3. The molecule has 0 radical (unpaired) electrons. The second-order valence-electron chi connectivity index (χ2n) is 5.34. The Hall–Kier alpha value is -2.56. The van der Waals surface area contributed by atoms with Crippen molar-refractivity contribution in [1.82, 2.24) is 0 Å². The van der Waals surface area contributed by atoms with Gasteiger partial charge in [0, 0.05) is 25.9 Å². The molecule has 128 valence electrons. The fourth-order valence-electron chi connectivity index (χ4n) is 2.26. The number of nitriles is 1. The highest BCUT2D eigenvalue weighted by atomic mass is 127. The first-order valence-corrected chi connectivity index (χ1v) is 9.05. The van der Waals surface area contributed by atoms with Gasteiger partial charge in [0.05, 0.1) is 0 Å². The highest BCUT2D eigenvalue weighted by Gasteiger charge is 2.11. The number of rotatable bonds is 4. The smallest absolute Gasteiger partial charge is 0.266 e. The number of anilines is 1. The molecule has 1 amide bonds. The fraction of sp³-hybridized carbons (Fsp3) is 0. The molecule has 0 aliphatic carbocycles. The van der Waals surface area contributed by atoms with Gasteiger partial charge in [0.2, 0.25) is 0 Å². The van der Waals surface area contributed by atoms with Gasteiger partial charge < -0.3 is 9.73 Å². The standard InChI is InChI=1S/C20H12ClIN2O2/c21-15-2-1-3-17(11-15)24-20(25)14(12-23)10-18-8-9-19(26-18)13-4-6-16(22)7-5-13/h1-11H,(H,24,25)/b14-10+. The number of amides is 1. The van der Waals surface area contributed by atoms with Crippen molar-refractivity contribution in [2.75, 3.05) is 5.32 Å². The molecule has 0 saturated heterocycles. The summed E-state index contributed by atoms with van der Waals surface area (Å²) in [5, 5.41) is 12.4. The van der Waals surface area contributed by atoms with Crippen molar-refractivity contribution in [2.24, 2.45) is 0 Å². The predicted octanol–water partition coefficient (Wildman–Crippen LogP) is 5.75. The number of hydrogen-bond acceptors (Lipinski definition) is 3. The van der Waals surface area contributed by atoms with Crippen molar-refractivity contribution < 1.29 is 9.21 Å². The summed E-state index contributed by atoms with van der Waals surface area (Å²) in [5.41, 5.74) is 1.38. The molecular weight excluding hydrogens is 463 g/mol. The summed E-state index contributed by atoms with van der Waals surface area (Å²) in [7, 11) is 0. The highest BCUT2D eigenvalue weighted by Crippen LogP contribution is 2.24. The van der Waals surface area contributed by atoms with Crippen LogP contribution in [0.15, 0.2) is 70.7 Å². The summed E-state index contributed by atoms with van der Waals surface area (Å²) < 4.78 is 6.86. The maximum Gasteiger partial charge on any atom is 0.266 e. The minimum atomic E-state index is -0.526. The zero-order valence-electron chi connectivity index (χ0n) is 13.4. The molecule has 6 heteroatoms. The molecule has 1 aromatic heterocycles. The lowest BCUT2D eigenvalue weighted by molar-refractivity contribution is -0.112. The number of halogens is 2. The van der Waals surface area contributed by atoms with Gasteiger partial charge in [0.25, 0.3) is 5.91 Å². The normalized spacial score (nSPS) is 11.0. The molecule has 0 bridgehead atoms. The van der Waals surface area contributed by atoms with Crippen molar-refractivity contribution in [3.8, 4) is 17.4 Å². The summed E-state index contributed by atoms with van der Waals surface area (Å²) in [6, 6.07) is 20.0. The molecular formula is C20H12ClIN2O2. The number of furan rings is 1. The molecule has 1 N–H and O–H groups in total. The first kappa shape index (κ1) is 18.2. The molecule has 0 aliphatic rings. The van der Waals surface area contributed by atoms with E-state index in [9.17, 15) is 10.1 Å². The van der Waals surface area contributed by atoms with Gasteiger partial charge in [0.15, 0.2) is 0 Å². The summed E-state index contributed by atoms with van der Waals surface area (Å²) in [5.74, 6) is 0.568. The topological polar surface area (TPSA) is 66.0 Å². The number of nitrogens with one attached hydrogen (secondary N) is 1. The lowest BCUT2D eigenvalue weighted by atomic mass is 10.2. The van der Waals surface area contributed by atoms with Crippen LogP contribution in [-0.2, 0) is 4.79 Å². The van der Waals surface area contributed by atoms with Crippen LogP contribution in [0.1, 0.15) is 5.76 Å². The molecule has 4 nitrogen and oxygen atoms in total. The Balaban J connectivity index is 1.80. The first-order valence-electron chi connectivity index (χ1n) is 7.59. The molecule has 26 heavy (non-hydrogen) atoms. The quantitative estimate of drug-likeness (QED) is 0.297. The third kappa shape index (κ3) is 4.54. The number of benzene rings is 2. The average molecular weight is 475 g/mol. The van der Waals surface area contributed by atoms with E-state index < -0.39 is 5.91 Å². The Labute approximate surface area is 169 Å². The Morgan fingerprint density at radius 1 is 1.15 bits per heavy atom. The number of nitrogens with zero attached hydrogens (tertiary/aromatic N) is 1. The SMILES string of the molecule is N#C/C(=C\c1ccc(-c2ccc(I)cc2)o1)C(=O)Nc1cccc(Cl)c1. The van der Waals surface area contributed by atoms with Gasteiger partial charge in [-0.3, -0.25) is 4.79 Å². The van der Waals surface area contributed by atoms with Gasteiger partial charge in [0.1, 0.15) is 23.2 Å². The van der Waals surface area contributed by atoms with E-state index in [1.807, 2.05) is 30.3 Å². The van der Waals surface area contributed by atoms with Gasteiger partial charge in [-0.1, -0.05) is 29.8 Å². The highest BCUT2D eigenvalue weighted by molar-refractivity contribution is 14.1. The molecule has 0 atom stereocenters. The summed E-state index contributed by atoms with van der Waals surface area (Å²) in [6.07, 6.45) is 1.41. The average Bonchev–Trinajstić information content (AvgIpc) is 3.09. The second kappa shape index (κ2) is 8.21. The van der Waals surface area contributed by atoms with Crippen LogP contribution in [0.25, 0.3) is 17.4 Å². The molecule has 0 spiro atoms. The van der Waals surface area contributed by atoms with E-state index in [4.69, 9.17) is 16.0 Å². The van der Waals surface area contributed by atoms with Gasteiger partial charge in [-0.2, -0.15) is 5.26 Å². The Kier molecular flexibility index (Phi) is 5.76. The van der Waals surface area contributed by atoms with E-state index in [0.29, 0.717) is 22.2 Å². The molecule has 1 heterocycles. The largest absolute Gasteiger partial charge is 0.457 e. The Morgan fingerprint density at radius 3 is 2.62 bits per heavy atom.